The second-order valence-electron chi connectivity index (χ2n) is 4.48. The van der Waals surface area contributed by atoms with E-state index in [1.807, 2.05) is 0 Å². The second-order valence-corrected chi connectivity index (χ2v) is 5.59. The van der Waals surface area contributed by atoms with Gasteiger partial charge in [0.05, 0.1) is 11.5 Å². The van der Waals surface area contributed by atoms with Crippen molar-refractivity contribution in [2.45, 2.75) is 12.2 Å². The Morgan fingerprint density at radius 3 is 2.38 bits per heavy atom. The largest absolute Gasteiger partial charge is 0.478 e. The van der Waals surface area contributed by atoms with Crippen LogP contribution >= 0.6 is 11.8 Å². The lowest BCUT2D eigenvalue weighted by molar-refractivity contribution is -0.125. The maximum absolute atomic E-state index is 12.0. The summed E-state index contributed by atoms with van der Waals surface area (Å²) in [5.41, 5.74) is 0.531. The average Bonchev–Trinajstić information content (AvgIpc) is 2.77. The van der Waals surface area contributed by atoms with Gasteiger partial charge in [-0.2, -0.15) is 0 Å². The molecule has 1 aliphatic rings. The summed E-state index contributed by atoms with van der Waals surface area (Å²) >= 11 is 0.789. The van der Waals surface area contributed by atoms with E-state index in [4.69, 9.17) is 5.11 Å². The van der Waals surface area contributed by atoms with Gasteiger partial charge in [-0.3, -0.25) is 19.7 Å². The molecule has 0 spiro atoms. The van der Waals surface area contributed by atoms with E-state index in [2.05, 4.69) is 10.6 Å². The van der Waals surface area contributed by atoms with Crippen molar-refractivity contribution < 1.29 is 24.3 Å². The third-order valence-corrected chi connectivity index (χ3v) is 4.18. The van der Waals surface area contributed by atoms with Gasteiger partial charge in [-0.1, -0.05) is 18.7 Å². The molecule has 1 heterocycles. The fraction of sp³-hybridized carbons (Fsp3) is 0.231. The number of carboxylic acids is 1. The SMILES string of the molecule is CC(C(=O)Nc1ccc(C(=O)O)cc1)C1SC(=O)NC1=O. The van der Waals surface area contributed by atoms with Crippen LogP contribution in [-0.2, 0) is 9.59 Å². The summed E-state index contributed by atoms with van der Waals surface area (Å²) < 4.78 is 0. The van der Waals surface area contributed by atoms with Crippen molar-refractivity contribution in [3.05, 3.63) is 29.8 Å². The van der Waals surface area contributed by atoms with Crippen LogP contribution in [0, 0.1) is 5.92 Å². The molecule has 0 saturated carbocycles. The fourth-order valence-electron chi connectivity index (χ4n) is 1.79. The van der Waals surface area contributed by atoms with Crippen LogP contribution in [-0.4, -0.2) is 33.4 Å². The van der Waals surface area contributed by atoms with Crippen LogP contribution in [0.15, 0.2) is 24.3 Å². The summed E-state index contributed by atoms with van der Waals surface area (Å²) in [6.07, 6.45) is 0. The van der Waals surface area contributed by atoms with Crippen LogP contribution in [0.1, 0.15) is 17.3 Å². The van der Waals surface area contributed by atoms with Gasteiger partial charge in [-0.15, -0.1) is 0 Å². The van der Waals surface area contributed by atoms with Gasteiger partial charge in [0.2, 0.25) is 11.8 Å². The van der Waals surface area contributed by atoms with E-state index in [1.165, 1.54) is 24.3 Å². The Labute approximate surface area is 124 Å². The van der Waals surface area contributed by atoms with Crippen molar-refractivity contribution >= 4 is 40.5 Å². The molecule has 2 atom stereocenters. The summed E-state index contributed by atoms with van der Waals surface area (Å²) in [6, 6.07) is 5.65. The lowest BCUT2D eigenvalue weighted by atomic mass is 10.1. The summed E-state index contributed by atoms with van der Waals surface area (Å²) in [6.45, 7) is 1.55. The number of nitrogens with one attached hydrogen (secondary N) is 2. The van der Waals surface area contributed by atoms with Crippen LogP contribution in [0.4, 0.5) is 10.5 Å². The summed E-state index contributed by atoms with van der Waals surface area (Å²) in [5.74, 6) is -2.64. The smallest absolute Gasteiger partial charge is 0.335 e. The van der Waals surface area contributed by atoms with Gasteiger partial charge in [-0.25, -0.2) is 4.79 Å². The third kappa shape index (κ3) is 3.40. The Kier molecular flexibility index (Phi) is 4.27. The molecule has 1 saturated heterocycles. The molecular weight excluding hydrogens is 296 g/mol. The molecule has 1 aromatic carbocycles. The minimum atomic E-state index is -1.06. The van der Waals surface area contributed by atoms with E-state index in [9.17, 15) is 19.2 Å². The first-order valence-corrected chi connectivity index (χ1v) is 6.92. The van der Waals surface area contributed by atoms with Gasteiger partial charge in [0.25, 0.3) is 5.24 Å². The number of hydrogen-bond donors (Lipinski definition) is 3. The first-order valence-electron chi connectivity index (χ1n) is 6.04. The molecule has 1 aromatic rings. The average molecular weight is 308 g/mol. The maximum Gasteiger partial charge on any atom is 0.335 e. The normalized spacial score (nSPS) is 19.0. The maximum atomic E-state index is 12.0. The Morgan fingerprint density at radius 1 is 1.29 bits per heavy atom. The van der Waals surface area contributed by atoms with Gasteiger partial charge in [0.15, 0.2) is 0 Å². The minimum absolute atomic E-state index is 0.109. The lowest BCUT2D eigenvalue weighted by Crippen LogP contribution is -2.35. The zero-order chi connectivity index (χ0) is 15.6. The highest BCUT2D eigenvalue weighted by Crippen LogP contribution is 2.26. The molecular formula is C13H12N2O5S. The van der Waals surface area contributed by atoms with Crippen LogP contribution in [0.2, 0.25) is 0 Å². The highest BCUT2D eigenvalue weighted by Gasteiger charge is 2.38. The Morgan fingerprint density at radius 2 is 1.90 bits per heavy atom. The van der Waals surface area contributed by atoms with Crippen molar-refractivity contribution in [1.82, 2.24) is 5.32 Å². The molecule has 2 unspecified atom stereocenters. The second kappa shape index (κ2) is 5.96. The molecule has 1 fully saturated rings. The van der Waals surface area contributed by atoms with E-state index in [1.54, 1.807) is 6.92 Å². The fourth-order valence-corrected chi connectivity index (χ4v) is 2.67. The Hall–Kier alpha value is -2.35. The predicted octanol–water partition coefficient (Wildman–Crippen LogP) is 1.31. The number of anilines is 1. The van der Waals surface area contributed by atoms with E-state index in [0.29, 0.717) is 5.69 Å². The van der Waals surface area contributed by atoms with Crippen molar-refractivity contribution in [2.75, 3.05) is 5.32 Å². The molecule has 8 heteroatoms. The van der Waals surface area contributed by atoms with Crippen LogP contribution in [0.25, 0.3) is 0 Å². The van der Waals surface area contributed by atoms with Crippen molar-refractivity contribution in [2.24, 2.45) is 5.92 Å². The molecule has 1 aliphatic heterocycles. The number of carbonyl (C=O) groups is 4. The summed E-state index contributed by atoms with van der Waals surface area (Å²) in [4.78, 5) is 45.4. The highest BCUT2D eigenvalue weighted by molar-refractivity contribution is 8.15. The van der Waals surface area contributed by atoms with Crippen LogP contribution < -0.4 is 10.6 Å². The van der Waals surface area contributed by atoms with Gasteiger partial charge >= 0.3 is 5.97 Å². The van der Waals surface area contributed by atoms with Gasteiger partial charge < -0.3 is 10.4 Å². The number of rotatable bonds is 4. The van der Waals surface area contributed by atoms with Gasteiger partial charge in [0.1, 0.15) is 5.25 Å². The number of imide groups is 1. The van der Waals surface area contributed by atoms with Crippen LogP contribution in [0.5, 0.6) is 0 Å². The van der Waals surface area contributed by atoms with E-state index >= 15 is 0 Å². The third-order valence-electron chi connectivity index (χ3n) is 2.98. The number of amides is 3. The molecule has 21 heavy (non-hydrogen) atoms. The van der Waals surface area contributed by atoms with Crippen molar-refractivity contribution in [3.8, 4) is 0 Å². The first-order chi connectivity index (χ1) is 9.88. The van der Waals surface area contributed by atoms with Gasteiger partial charge in [0, 0.05) is 5.69 Å². The number of carboxylic acid groups (broad SMARTS) is 1. The zero-order valence-corrected chi connectivity index (χ0v) is 11.8. The van der Waals surface area contributed by atoms with Crippen LogP contribution in [0.3, 0.4) is 0 Å². The molecule has 0 bridgehead atoms. The number of hydrogen-bond acceptors (Lipinski definition) is 5. The molecule has 0 aromatic heterocycles. The molecule has 3 N–H and O–H groups in total. The monoisotopic (exact) mass is 308 g/mol. The standard InChI is InChI=1S/C13H12N2O5S/c1-6(9-11(17)15-13(20)21-9)10(16)14-8-4-2-7(3-5-8)12(18)19/h2-6,9H,1H3,(H,14,16)(H,18,19)(H,15,17,20). The molecule has 110 valence electrons. The van der Waals surface area contributed by atoms with E-state index in [-0.39, 0.29) is 5.56 Å². The first kappa shape index (κ1) is 15.0. The highest BCUT2D eigenvalue weighted by atomic mass is 32.2. The quantitative estimate of drug-likeness (QED) is 0.773. The van der Waals surface area contributed by atoms with Crippen molar-refractivity contribution in [1.29, 1.82) is 0 Å². The molecule has 0 aliphatic carbocycles. The number of benzene rings is 1. The Balaban J connectivity index is 2.02. The van der Waals surface area contributed by atoms with E-state index < -0.39 is 34.2 Å². The number of thioether (sulfide) groups is 1. The minimum Gasteiger partial charge on any atom is -0.478 e. The summed E-state index contributed by atoms with van der Waals surface area (Å²) in [5, 5.41) is 12.3. The number of aromatic carboxylic acids is 1. The summed E-state index contributed by atoms with van der Waals surface area (Å²) in [7, 11) is 0. The molecule has 0 radical (unpaired) electrons. The Bertz CT molecular complexity index is 613. The van der Waals surface area contributed by atoms with Gasteiger partial charge in [-0.05, 0) is 24.3 Å². The molecule has 3 amide bonds. The molecule has 2 rings (SSSR count). The van der Waals surface area contributed by atoms with Crippen molar-refractivity contribution in [3.63, 3.8) is 0 Å². The topological polar surface area (TPSA) is 113 Å². The zero-order valence-electron chi connectivity index (χ0n) is 11.0. The predicted molar refractivity (Wildman–Crippen MR) is 76.1 cm³/mol. The number of carbonyl (C=O) groups excluding carboxylic acids is 3. The van der Waals surface area contributed by atoms with E-state index in [0.717, 1.165) is 11.8 Å². The lowest BCUT2D eigenvalue weighted by Gasteiger charge is -2.15. The molecule has 7 nitrogen and oxygen atoms in total.